The third-order valence-corrected chi connectivity index (χ3v) is 25.4. The van der Waals surface area contributed by atoms with Crippen molar-refractivity contribution in [2.24, 2.45) is 0 Å². The second kappa shape index (κ2) is 14.2. The lowest BCUT2D eigenvalue weighted by atomic mass is 10.1. The molecule has 5 rings (SSSR count). The van der Waals surface area contributed by atoms with Gasteiger partial charge >= 0.3 is 0 Å². The highest BCUT2D eigenvalue weighted by molar-refractivity contribution is 6.75. The van der Waals surface area contributed by atoms with Crippen molar-refractivity contribution in [1.82, 2.24) is 29.3 Å². The van der Waals surface area contributed by atoms with Crippen molar-refractivity contribution in [2.75, 3.05) is 12.3 Å². The highest BCUT2D eigenvalue weighted by Gasteiger charge is 2.55. The topological polar surface area (TPSA) is 124 Å². The summed E-state index contributed by atoms with van der Waals surface area (Å²) in [5, 5.41) is 4.56. The Kier molecular flexibility index (Phi) is 11.0. The first-order valence-corrected chi connectivity index (χ1v) is 27.3. The van der Waals surface area contributed by atoms with Gasteiger partial charge in [-0.05, 0) is 60.0 Å². The number of ether oxygens (including phenoxy) is 1. The fraction of sp³-hybridized carbons (Fsp3) is 0.632. The van der Waals surface area contributed by atoms with Crippen LogP contribution in [0.15, 0.2) is 49.1 Å². The summed E-state index contributed by atoms with van der Waals surface area (Å²) in [6.45, 7) is 35.1. The number of nitrogen functional groups attached to an aromatic ring is 1. The Labute approximate surface area is 314 Å². The van der Waals surface area contributed by atoms with E-state index in [1.807, 2.05) is 33.6 Å². The Hall–Kier alpha value is -2.73. The lowest BCUT2D eigenvalue weighted by Crippen LogP contribution is -2.54. The van der Waals surface area contributed by atoms with Gasteiger partial charge in [-0.2, -0.15) is 5.10 Å². The molecule has 2 N–H and O–H groups in total. The van der Waals surface area contributed by atoms with Crippen LogP contribution in [0.2, 0.25) is 54.4 Å². The summed E-state index contributed by atoms with van der Waals surface area (Å²) >= 11 is 0. The fourth-order valence-electron chi connectivity index (χ4n) is 5.46. The Morgan fingerprint density at radius 3 is 1.94 bits per heavy atom. The summed E-state index contributed by atoms with van der Waals surface area (Å²) in [6.07, 6.45) is 3.68. The molecule has 0 saturated carbocycles. The molecule has 0 bridgehead atoms. The molecule has 52 heavy (non-hydrogen) atoms. The largest absolute Gasteiger partial charge is 0.414 e. The van der Waals surface area contributed by atoms with Crippen LogP contribution in [0.1, 0.15) is 74.1 Å². The van der Waals surface area contributed by atoms with E-state index in [9.17, 15) is 0 Å². The molecule has 1 aliphatic rings. The molecule has 286 valence electrons. The van der Waals surface area contributed by atoms with E-state index in [0.717, 1.165) is 11.1 Å². The van der Waals surface area contributed by atoms with E-state index in [1.54, 1.807) is 12.5 Å². The van der Waals surface area contributed by atoms with Crippen LogP contribution >= 0.6 is 0 Å². The Morgan fingerprint density at radius 1 is 0.788 bits per heavy atom. The molecule has 14 heteroatoms. The SMILES string of the molecule is CC(C)(C)[Si](C)(C)OCC1OC(n2cnc3c(N)nc(-c4cnn(Cc5ccccc5)c4)nc32)[C@H](O[Si](C)(C)C(C)(C)C)[C@@H]1O[Si](C)(C)C(C)(C)C. The molecular formula is C38H63N7O4Si3. The molecule has 4 heterocycles. The molecule has 1 aliphatic heterocycles. The zero-order chi connectivity index (χ0) is 38.7. The Morgan fingerprint density at radius 2 is 1.37 bits per heavy atom. The standard InChI is InChI=1S/C38H63N7O4Si3/c1-36(2,3)50(10,11)46-24-28-30(48-51(12,13)37(4,5)6)31(49-52(14,15)38(7,8)9)35(47-28)45-25-40-29-32(39)42-33(43-34(29)45)27-21-41-44(23-27)22-26-19-17-16-18-20-26/h16-21,23,25,28,30-31,35H,22,24H2,1-15H3,(H2,39,42,43)/t28?,30-,31-,35?/m1/s1. The van der Waals surface area contributed by atoms with Crippen molar-refractivity contribution in [3.05, 3.63) is 54.6 Å². The maximum Gasteiger partial charge on any atom is 0.192 e. The number of imidazole rings is 1. The summed E-state index contributed by atoms with van der Waals surface area (Å²) in [5.74, 6) is 0.763. The van der Waals surface area contributed by atoms with Gasteiger partial charge in [-0.15, -0.1) is 0 Å². The third-order valence-electron chi connectivity index (χ3n) is 12.0. The van der Waals surface area contributed by atoms with E-state index < -0.39 is 37.3 Å². The predicted molar refractivity (Wildman–Crippen MR) is 218 cm³/mol. The number of benzene rings is 1. The van der Waals surface area contributed by atoms with Crippen LogP contribution in [0.4, 0.5) is 5.82 Å². The van der Waals surface area contributed by atoms with Gasteiger partial charge in [-0.1, -0.05) is 92.6 Å². The Balaban J connectivity index is 1.60. The minimum absolute atomic E-state index is 0.0271. The number of rotatable bonds is 11. The smallest absolute Gasteiger partial charge is 0.192 e. The predicted octanol–water partition coefficient (Wildman–Crippen LogP) is 9.02. The van der Waals surface area contributed by atoms with Crippen LogP contribution < -0.4 is 5.73 Å². The lowest BCUT2D eigenvalue weighted by molar-refractivity contribution is -0.0470. The van der Waals surface area contributed by atoms with Crippen molar-refractivity contribution in [1.29, 1.82) is 0 Å². The van der Waals surface area contributed by atoms with Crippen molar-refractivity contribution in [3.63, 3.8) is 0 Å². The molecule has 2 unspecified atom stereocenters. The van der Waals surface area contributed by atoms with Gasteiger partial charge in [0.2, 0.25) is 0 Å². The van der Waals surface area contributed by atoms with Crippen molar-refractivity contribution in [3.8, 4) is 11.4 Å². The number of hydrogen-bond acceptors (Lipinski definition) is 9. The van der Waals surface area contributed by atoms with Crippen LogP contribution in [0.5, 0.6) is 0 Å². The first kappa shape index (κ1) is 40.5. The average Bonchev–Trinajstić information content (AvgIpc) is 3.73. The van der Waals surface area contributed by atoms with Crippen molar-refractivity contribution in [2.45, 2.75) is 148 Å². The van der Waals surface area contributed by atoms with E-state index in [0.29, 0.717) is 36.0 Å². The zero-order valence-corrected chi connectivity index (χ0v) is 37.2. The molecule has 0 aliphatic carbocycles. The van der Waals surface area contributed by atoms with Gasteiger partial charge in [-0.3, -0.25) is 9.25 Å². The van der Waals surface area contributed by atoms with Gasteiger partial charge in [0.1, 0.15) is 23.8 Å². The van der Waals surface area contributed by atoms with Crippen molar-refractivity contribution < 1.29 is 18.0 Å². The number of hydrogen-bond donors (Lipinski definition) is 1. The Bertz CT molecular complexity index is 1840. The number of aromatic nitrogens is 6. The molecule has 1 saturated heterocycles. The number of nitrogens with zero attached hydrogens (tertiary/aromatic N) is 6. The average molecular weight is 766 g/mol. The minimum atomic E-state index is -2.36. The molecule has 1 fully saturated rings. The molecule has 3 aromatic heterocycles. The first-order chi connectivity index (χ1) is 23.8. The second-order valence-electron chi connectivity index (χ2n) is 19.0. The number of anilines is 1. The molecule has 11 nitrogen and oxygen atoms in total. The number of fused-ring (bicyclic) bond motifs is 1. The van der Waals surface area contributed by atoms with Gasteiger partial charge < -0.3 is 23.7 Å². The van der Waals surface area contributed by atoms with Gasteiger partial charge in [0.25, 0.3) is 0 Å². The first-order valence-electron chi connectivity index (χ1n) is 18.5. The normalized spacial score (nSPS) is 21.0. The third kappa shape index (κ3) is 8.32. The highest BCUT2D eigenvalue weighted by atomic mass is 28.4. The van der Waals surface area contributed by atoms with Crippen molar-refractivity contribution >= 4 is 41.9 Å². The van der Waals surface area contributed by atoms with Crippen LogP contribution in [-0.4, -0.2) is 79.2 Å². The van der Waals surface area contributed by atoms with Crippen LogP contribution in [0.3, 0.4) is 0 Å². The maximum atomic E-state index is 7.38. The van der Waals surface area contributed by atoms with Gasteiger partial charge in [-0.25, -0.2) is 15.0 Å². The van der Waals surface area contributed by atoms with Gasteiger partial charge in [0.05, 0.1) is 31.2 Å². The van der Waals surface area contributed by atoms with E-state index >= 15 is 0 Å². The summed E-state index contributed by atoms with van der Waals surface area (Å²) in [4.78, 5) is 14.5. The molecule has 1 aromatic carbocycles. The summed E-state index contributed by atoms with van der Waals surface area (Å²) in [6, 6.07) is 10.2. The van der Waals surface area contributed by atoms with E-state index in [4.69, 9.17) is 33.7 Å². The minimum Gasteiger partial charge on any atom is -0.414 e. The fourth-order valence-corrected chi connectivity index (χ4v) is 9.08. The number of nitrogens with two attached hydrogens (primary N) is 1. The van der Waals surface area contributed by atoms with Gasteiger partial charge in [0, 0.05) is 6.20 Å². The monoisotopic (exact) mass is 765 g/mol. The summed E-state index contributed by atoms with van der Waals surface area (Å²) in [7, 11) is -6.79. The maximum absolute atomic E-state index is 7.38. The van der Waals surface area contributed by atoms with E-state index in [-0.39, 0.29) is 27.3 Å². The molecule has 0 spiro atoms. The van der Waals surface area contributed by atoms with Gasteiger partial charge in [0.15, 0.2) is 48.5 Å². The zero-order valence-electron chi connectivity index (χ0n) is 34.2. The molecular weight excluding hydrogens is 703 g/mol. The van der Waals surface area contributed by atoms with Crippen LogP contribution in [0, 0.1) is 0 Å². The second-order valence-corrected chi connectivity index (χ2v) is 33.3. The van der Waals surface area contributed by atoms with E-state index in [1.165, 1.54) is 0 Å². The molecule has 0 radical (unpaired) electrons. The van der Waals surface area contributed by atoms with Crippen LogP contribution in [-0.2, 0) is 24.6 Å². The quantitative estimate of drug-likeness (QED) is 0.149. The summed E-state index contributed by atoms with van der Waals surface area (Å²) < 4.78 is 32.6. The van der Waals surface area contributed by atoms with E-state index in [2.05, 4.69) is 124 Å². The summed E-state index contributed by atoms with van der Waals surface area (Å²) in [5.41, 5.74) is 9.60. The molecule has 0 amide bonds. The molecule has 4 atom stereocenters. The van der Waals surface area contributed by atoms with Crippen LogP contribution in [0.25, 0.3) is 22.6 Å². The molecule has 4 aromatic rings. The highest BCUT2D eigenvalue weighted by Crippen LogP contribution is 2.47. The lowest BCUT2D eigenvalue weighted by Gasteiger charge is -2.44.